The monoisotopic (exact) mass is 214 g/mol. The third-order valence-electron chi connectivity index (χ3n) is 2.94. The molecule has 0 fully saturated rings. The molecule has 84 valence electrons. The fourth-order valence-corrected chi connectivity index (χ4v) is 1.89. The molecule has 2 rings (SSSR count). The average molecular weight is 214 g/mol. The molecule has 0 radical (unpaired) electrons. The largest absolute Gasteiger partial charge is 0.497 e. The van der Waals surface area contributed by atoms with Crippen molar-refractivity contribution in [3.63, 3.8) is 0 Å². The summed E-state index contributed by atoms with van der Waals surface area (Å²) >= 11 is 0. The zero-order valence-electron chi connectivity index (χ0n) is 9.73. The van der Waals surface area contributed by atoms with Gasteiger partial charge in [-0.1, -0.05) is 49.4 Å². The minimum Gasteiger partial charge on any atom is -0.497 e. The van der Waals surface area contributed by atoms with Crippen molar-refractivity contribution in [2.24, 2.45) is 5.92 Å². The van der Waals surface area contributed by atoms with Gasteiger partial charge < -0.3 is 4.74 Å². The van der Waals surface area contributed by atoms with E-state index in [4.69, 9.17) is 4.74 Å². The second kappa shape index (κ2) is 5.55. The van der Waals surface area contributed by atoms with Crippen molar-refractivity contribution in [1.82, 2.24) is 0 Å². The van der Waals surface area contributed by atoms with Crippen LogP contribution in [0.4, 0.5) is 0 Å². The van der Waals surface area contributed by atoms with Gasteiger partial charge in [-0.15, -0.1) is 0 Å². The smallest absolute Gasteiger partial charge is 0.112 e. The zero-order valence-corrected chi connectivity index (χ0v) is 9.73. The summed E-state index contributed by atoms with van der Waals surface area (Å²) in [5.74, 6) is 0.532. The van der Waals surface area contributed by atoms with Crippen LogP contribution in [0.1, 0.15) is 25.3 Å². The van der Waals surface area contributed by atoms with Crippen LogP contribution in [0, 0.1) is 5.92 Å². The predicted octanol–water partition coefficient (Wildman–Crippen LogP) is 4.07. The molecular formula is C15H18O. The van der Waals surface area contributed by atoms with Crippen LogP contribution in [0.15, 0.2) is 54.3 Å². The van der Waals surface area contributed by atoms with E-state index in [1.165, 1.54) is 11.1 Å². The van der Waals surface area contributed by atoms with Gasteiger partial charge in [-0.3, -0.25) is 0 Å². The fraction of sp³-hybridized carbons (Fsp3) is 0.333. The second-order valence-corrected chi connectivity index (χ2v) is 4.24. The van der Waals surface area contributed by atoms with Crippen LogP contribution in [0.25, 0.3) is 0 Å². The first-order valence-electron chi connectivity index (χ1n) is 5.87. The highest BCUT2D eigenvalue weighted by molar-refractivity contribution is 5.16. The quantitative estimate of drug-likeness (QED) is 0.544. The molecule has 1 aromatic carbocycles. The Morgan fingerprint density at radius 1 is 1.31 bits per heavy atom. The summed E-state index contributed by atoms with van der Waals surface area (Å²) in [6, 6.07) is 10.3. The van der Waals surface area contributed by atoms with Crippen LogP contribution < -0.4 is 0 Å². The standard InChI is InChI=1S/C15H18O/c1-13-7-5-6-10-15(13)12-16-11-14-8-3-2-4-9-14/h2-5,7-9,12-13H,6,10-11H2,1H3/b15-12+. The van der Waals surface area contributed by atoms with Crippen molar-refractivity contribution < 1.29 is 4.74 Å². The fourth-order valence-electron chi connectivity index (χ4n) is 1.89. The molecule has 1 aromatic rings. The van der Waals surface area contributed by atoms with Crippen molar-refractivity contribution in [2.45, 2.75) is 26.4 Å². The van der Waals surface area contributed by atoms with Crippen molar-refractivity contribution in [1.29, 1.82) is 0 Å². The highest BCUT2D eigenvalue weighted by atomic mass is 16.5. The third kappa shape index (κ3) is 2.99. The van der Waals surface area contributed by atoms with Crippen LogP contribution in [0.2, 0.25) is 0 Å². The van der Waals surface area contributed by atoms with Crippen molar-refractivity contribution in [3.05, 3.63) is 59.9 Å². The van der Waals surface area contributed by atoms with Crippen LogP contribution in [-0.4, -0.2) is 0 Å². The first-order chi connectivity index (χ1) is 7.86. The number of hydrogen-bond donors (Lipinski definition) is 0. The summed E-state index contributed by atoms with van der Waals surface area (Å²) in [5.41, 5.74) is 2.62. The Morgan fingerprint density at radius 3 is 2.88 bits per heavy atom. The Morgan fingerprint density at radius 2 is 2.12 bits per heavy atom. The molecule has 0 bridgehead atoms. The van der Waals surface area contributed by atoms with Crippen molar-refractivity contribution in [3.8, 4) is 0 Å². The van der Waals surface area contributed by atoms with Crippen LogP contribution in [0.5, 0.6) is 0 Å². The van der Waals surface area contributed by atoms with E-state index in [2.05, 4.69) is 31.2 Å². The molecule has 1 unspecified atom stereocenters. The van der Waals surface area contributed by atoms with E-state index in [1.54, 1.807) is 0 Å². The Bertz CT molecular complexity index is 376. The summed E-state index contributed by atoms with van der Waals surface area (Å²) in [7, 11) is 0. The normalized spacial score (nSPS) is 22.3. The highest BCUT2D eigenvalue weighted by Gasteiger charge is 2.09. The van der Waals surface area contributed by atoms with E-state index in [0.717, 1.165) is 12.8 Å². The Labute approximate surface area is 97.4 Å². The maximum Gasteiger partial charge on any atom is 0.112 e. The van der Waals surface area contributed by atoms with Gasteiger partial charge in [0.15, 0.2) is 0 Å². The van der Waals surface area contributed by atoms with Gasteiger partial charge in [0.2, 0.25) is 0 Å². The molecule has 0 saturated carbocycles. The summed E-state index contributed by atoms with van der Waals surface area (Å²) in [6.45, 7) is 2.88. The average Bonchev–Trinajstić information content (AvgIpc) is 2.33. The van der Waals surface area contributed by atoms with Crippen LogP contribution >= 0.6 is 0 Å². The van der Waals surface area contributed by atoms with Gasteiger partial charge in [0.25, 0.3) is 0 Å². The van der Waals surface area contributed by atoms with E-state index in [-0.39, 0.29) is 0 Å². The molecule has 16 heavy (non-hydrogen) atoms. The molecular weight excluding hydrogens is 196 g/mol. The predicted molar refractivity (Wildman–Crippen MR) is 66.9 cm³/mol. The number of benzene rings is 1. The molecule has 1 heteroatoms. The van der Waals surface area contributed by atoms with Crippen LogP contribution in [-0.2, 0) is 11.3 Å². The maximum absolute atomic E-state index is 5.63. The topological polar surface area (TPSA) is 9.23 Å². The zero-order chi connectivity index (χ0) is 11.2. The highest BCUT2D eigenvalue weighted by Crippen LogP contribution is 2.23. The Balaban J connectivity index is 1.87. The number of rotatable bonds is 3. The summed E-state index contributed by atoms with van der Waals surface area (Å²) in [4.78, 5) is 0. The van der Waals surface area contributed by atoms with E-state index >= 15 is 0 Å². The van der Waals surface area contributed by atoms with Crippen molar-refractivity contribution in [2.75, 3.05) is 0 Å². The minimum absolute atomic E-state index is 0.532. The summed E-state index contributed by atoms with van der Waals surface area (Å²) in [6.07, 6.45) is 8.72. The lowest BCUT2D eigenvalue weighted by atomic mass is 9.92. The molecule has 1 aliphatic carbocycles. The lowest BCUT2D eigenvalue weighted by molar-refractivity contribution is 0.230. The van der Waals surface area contributed by atoms with Crippen molar-refractivity contribution >= 4 is 0 Å². The van der Waals surface area contributed by atoms with Gasteiger partial charge in [0, 0.05) is 0 Å². The first-order valence-corrected chi connectivity index (χ1v) is 5.87. The molecule has 1 atom stereocenters. The van der Waals surface area contributed by atoms with Gasteiger partial charge in [-0.2, -0.15) is 0 Å². The molecule has 0 saturated heterocycles. The Kier molecular flexibility index (Phi) is 3.81. The van der Waals surface area contributed by atoms with E-state index in [0.29, 0.717) is 12.5 Å². The number of hydrogen-bond acceptors (Lipinski definition) is 1. The van der Waals surface area contributed by atoms with E-state index < -0.39 is 0 Å². The van der Waals surface area contributed by atoms with Crippen LogP contribution in [0.3, 0.4) is 0 Å². The molecule has 0 heterocycles. The molecule has 1 nitrogen and oxygen atoms in total. The van der Waals surface area contributed by atoms with Gasteiger partial charge in [0.05, 0.1) is 6.26 Å². The van der Waals surface area contributed by atoms with E-state index in [9.17, 15) is 0 Å². The van der Waals surface area contributed by atoms with Gasteiger partial charge in [0.1, 0.15) is 6.61 Å². The van der Waals surface area contributed by atoms with E-state index in [1.807, 2.05) is 24.5 Å². The lowest BCUT2D eigenvalue weighted by Crippen LogP contribution is -2.01. The maximum atomic E-state index is 5.63. The Hall–Kier alpha value is -1.50. The third-order valence-corrected chi connectivity index (χ3v) is 2.94. The summed E-state index contributed by atoms with van der Waals surface area (Å²) in [5, 5.41) is 0. The second-order valence-electron chi connectivity index (χ2n) is 4.24. The molecule has 0 amide bonds. The summed E-state index contributed by atoms with van der Waals surface area (Å²) < 4.78 is 5.63. The first kappa shape index (κ1) is 11.0. The molecule has 0 aliphatic heterocycles. The SMILES string of the molecule is CC1C=CCC/C1=C\OCc1ccccc1. The molecule has 0 N–H and O–H groups in total. The number of ether oxygens (including phenoxy) is 1. The lowest BCUT2D eigenvalue weighted by Gasteiger charge is -2.15. The van der Waals surface area contributed by atoms with Gasteiger partial charge in [-0.25, -0.2) is 0 Å². The number of allylic oxidation sites excluding steroid dienone is 3. The van der Waals surface area contributed by atoms with Gasteiger partial charge in [-0.05, 0) is 29.9 Å². The van der Waals surface area contributed by atoms with Gasteiger partial charge >= 0.3 is 0 Å². The molecule has 1 aliphatic rings. The molecule has 0 aromatic heterocycles. The molecule has 0 spiro atoms. The minimum atomic E-state index is 0.532.